The van der Waals surface area contributed by atoms with Crippen molar-refractivity contribution in [2.45, 2.75) is 0 Å². The summed E-state index contributed by atoms with van der Waals surface area (Å²) in [5.74, 6) is -0.216. The van der Waals surface area contributed by atoms with Crippen molar-refractivity contribution in [1.29, 1.82) is 0 Å². The Kier molecular flexibility index (Phi) is 4.67. The molecular formula is C13H11ClFN. The smallest absolute Gasteiger partial charge is 0.123 e. The first-order valence-corrected chi connectivity index (χ1v) is 4.68. The van der Waals surface area contributed by atoms with Crippen molar-refractivity contribution in [3.63, 3.8) is 0 Å². The van der Waals surface area contributed by atoms with Gasteiger partial charge in [0, 0.05) is 12.4 Å². The molecule has 0 saturated carbocycles. The summed E-state index contributed by atoms with van der Waals surface area (Å²) in [5.41, 5.74) is 1.90. The fourth-order valence-corrected chi connectivity index (χ4v) is 1.28. The molecule has 82 valence electrons. The van der Waals surface area contributed by atoms with E-state index in [1.807, 2.05) is 30.4 Å². The van der Waals surface area contributed by atoms with E-state index < -0.39 is 0 Å². The van der Waals surface area contributed by atoms with Gasteiger partial charge in [0.1, 0.15) is 5.82 Å². The third-order valence-corrected chi connectivity index (χ3v) is 2.02. The van der Waals surface area contributed by atoms with Crippen LogP contribution >= 0.6 is 12.4 Å². The maximum absolute atomic E-state index is 12.8. The number of nitrogens with zero attached hydrogens (tertiary/aromatic N) is 1. The van der Waals surface area contributed by atoms with Crippen LogP contribution < -0.4 is 0 Å². The summed E-state index contributed by atoms with van der Waals surface area (Å²) in [4.78, 5) is 3.92. The van der Waals surface area contributed by atoms with Crippen LogP contribution in [0.1, 0.15) is 11.1 Å². The Balaban J connectivity index is 0.00000128. The quantitative estimate of drug-likeness (QED) is 0.771. The molecule has 0 N–H and O–H groups in total. The number of halogens is 2. The normalized spacial score (nSPS) is 10.1. The van der Waals surface area contributed by atoms with Crippen LogP contribution in [0.4, 0.5) is 4.39 Å². The van der Waals surface area contributed by atoms with E-state index in [9.17, 15) is 4.39 Å². The van der Waals surface area contributed by atoms with Gasteiger partial charge in [-0.3, -0.25) is 4.98 Å². The predicted octanol–water partition coefficient (Wildman–Crippen LogP) is 3.81. The molecule has 0 bridgehead atoms. The number of hydrogen-bond donors (Lipinski definition) is 0. The zero-order valence-corrected chi connectivity index (χ0v) is 9.32. The van der Waals surface area contributed by atoms with E-state index in [-0.39, 0.29) is 18.2 Å². The van der Waals surface area contributed by atoms with Crippen molar-refractivity contribution >= 4 is 24.6 Å². The van der Waals surface area contributed by atoms with Crippen LogP contribution in [0, 0.1) is 5.82 Å². The van der Waals surface area contributed by atoms with Gasteiger partial charge < -0.3 is 0 Å². The lowest BCUT2D eigenvalue weighted by Crippen LogP contribution is -1.76. The Morgan fingerprint density at radius 1 is 0.938 bits per heavy atom. The number of pyridine rings is 1. The zero-order chi connectivity index (χ0) is 10.5. The zero-order valence-electron chi connectivity index (χ0n) is 8.51. The lowest BCUT2D eigenvalue weighted by Gasteiger charge is -1.94. The summed E-state index contributed by atoms with van der Waals surface area (Å²) in [7, 11) is 0. The average Bonchev–Trinajstić information content (AvgIpc) is 2.28. The first kappa shape index (κ1) is 12.4. The Hall–Kier alpha value is -1.67. The number of hydrogen-bond acceptors (Lipinski definition) is 1. The van der Waals surface area contributed by atoms with E-state index in [1.54, 1.807) is 18.5 Å². The Morgan fingerprint density at radius 3 is 2.31 bits per heavy atom. The van der Waals surface area contributed by atoms with Gasteiger partial charge in [-0.2, -0.15) is 0 Å². The van der Waals surface area contributed by atoms with Gasteiger partial charge in [0.15, 0.2) is 0 Å². The summed E-state index contributed by atoms with van der Waals surface area (Å²) >= 11 is 0. The summed E-state index contributed by atoms with van der Waals surface area (Å²) in [6, 6.07) is 10.3. The maximum atomic E-state index is 12.8. The highest BCUT2D eigenvalue weighted by Crippen LogP contribution is 2.08. The molecule has 1 nitrogen and oxygen atoms in total. The van der Waals surface area contributed by atoms with E-state index in [4.69, 9.17) is 0 Å². The molecule has 0 amide bonds. The monoisotopic (exact) mass is 235 g/mol. The fraction of sp³-hybridized carbons (Fsp3) is 0. The molecule has 3 heteroatoms. The topological polar surface area (TPSA) is 12.9 Å². The molecule has 0 radical (unpaired) electrons. The van der Waals surface area contributed by atoms with Crippen LogP contribution in [0.5, 0.6) is 0 Å². The largest absolute Gasteiger partial charge is 0.265 e. The predicted molar refractivity (Wildman–Crippen MR) is 66.8 cm³/mol. The van der Waals surface area contributed by atoms with Gasteiger partial charge >= 0.3 is 0 Å². The molecule has 0 saturated heterocycles. The van der Waals surface area contributed by atoms with Crippen molar-refractivity contribution < 1.29 is 4.39 Å². The molecule has 0 aliphatic carbocycles. The lowest BCUT2D eigenvalue weighted by atomic mass is 10.1. The maximum Gasteiger partial charge on any atom is 0.123 e. The Bertz CT molecular complexity index is 468. The van der Waals surface area contributed by atoms with E-state index in [1.165, 1.54) is 12.1 Å². The first-order chi connectivity index (χ1) is 7.34. The van der Waals surface area contributed by atoms with Gasteiger partial charge in [-0.15, -0.1) is 12.4 Å². The van der Waals surface area contributed by atoms with Crippen LogP contribution in [-0.2, 0) is 0 Å². The molecular weight excluding hydrogens is 225 g/mol. The second-order valence-corrected chi connectivity index (χ2v) is 3.17. The molecule has 16 heavy (non-hydrogen) atoms. The van der Waals surface area contributed by atoms with Gasteiger partial charge in [-0.1, -0.05) is 24.3 Å². The summed E-state index contributed by atoms with van der Waals surface area (Å²) in [6.45, 7) is 0. The Morgan fingerprint density at radius 2 is 1.62 bits per heavy atom. The van der Waals surface area contributed by atoms with Crippen LogP contribution in [-0.4, -0.2) is 4.98 Å². The second-order valence-electron chi connectivity index (χ2n) is 3.17. The van der Waals surface area contributed by atoms with Gasteiger partial charge in [-0.05, 0) is 35.4 Å². The van der Waals surface area contributed by atoms with E-state index in [0.29, 0.717) is 0 Å². The number of benzene rings is 1. The first-order valence-electron chi connectivity index (χ1n) is 4.68. The highest BCUT2D eigenvalue weighted by Gasteiger charge is 1.90. The van der Waals surface area contributed by atoms with Gasteiger partial charge in [0.25, 0.3) is 0 Å². The molecule has 0 aliphatic rings. The average molecular weight is 236 g/mol. The Labute approximate surface area is 100 Å². The third kappa shape index (κ3) is 3.48. The van der Waals surface area contributed by atoms with Crippen molar-refractivity contribution in [2.75, 3.05) is 0 Å². The van der Waals surface area contributed by atoms with Crippen LogP contribution in [0.25, 0.3) is 12.2 Å². The summed E-state index contributed by atoms with van der Waals surface area (Å²) < 4.78 is 12.8. The molecule has 2 rings (SSSR count). The second kappa shape index (κ2) is 6.03. The molecule has 0 atom stereocenters. The van der Waals surface area contributed by atoms with E-state index >= 15 is 0 Å². The molecule has 1 heterocycles. The van der Waals surface area contributed by atoms with Gasteiger partial charge in [0.05, 0.1) is 0 Å². The highest BCUT2D eigenvalue weighted by atomic mass is 35.5. The fourth-order valence-electron chi connectivity index (χ4n) is 1.28. The van der Waals surface area contributed by atoms with Crippen LogP contribution in [0.2, 0.25) is 0 Å². The molecule has 0 aliphatic heterocycles. The van der Waals surface area contributed by atoms with E-state index in [2.05, 4.69) is 4.98 Å². The minimum Gasteiger partial charge on any atom is -0.265 e. The third-order valence-electron chi connectivity index (χ3n) is 2.02. The molecule has 0 unspecified atom stereocenters. The number of rotatable bonds is 2. The van der Waals surface area contributed by atoms with E-state index in [0.717, 1.165) is 11.1 Å². The molecule has 2 aromatic rings. The standard InChI is InChI=1S/C13H10FN.ClH/c14-13-3-1-2-12(10-13)5-4-11-6-8-15-9-7-11;/h1-10H;1H/b5-4+;. The summed E-state index contributed by atoms with van der Waals surface area (Å²) in [6.07, 6.45) is 7.26. The molecule has 1 aromatic carbocycles. The van der Waals surface area contributed by atoms with Gasteiger partial charge in [-0.25, -0.2) is 4.39 Å². The molecule has 0 fully saturated rings. The van der Waals surface area contributed by atoms with Crippen molar-refractivity contribution in [2.24, 2.45) is 0 Å². The SMILES string of the molecule is Cl.Fc1cccc(/C=C/c2ccncc2)c1. The summed E-state index contributed by atoms with van der Waals surface area (Å²) in [5, 5.41) is 0. The van der Waals surface area contributed by atoms with Crippen LogP contribution in [0.15, 0.2) is 48.8 Å². The van der Waals surface area contributed by atoms with Crippen molar-refractivity contribution in [3.8, 4) is 0 Å². The van der Waals surface area contributed by atoms with Crippen molar-refractivity contribution in [3.05, 3.63) is 65.7 Å². The minimum absolute atomic E-state index is 0. The van der Waals surface area contributed by atoms with Gasteiger partial charge in [0.2, 0.25) is 0 Å². The molecule has 1 aromatic heterocycles. The lowest BCUT2D eigenvalue weighted by molar-refractivity contribution is 0.627. The number of aromatic nitrogens is 1. The van der Waals surface area contributed by atoms with Crippen LogP contribution in [0.3, 0.4) is 0 Å². The minimum atomic E-state index is -0.216. The molecule has 0 spiro atoms. The van der Waals surface area contributed by atoms with Crippen molar-refractivity contribution in [1.82, 2.24) is 4.98 Å². The highest BCUT2D eigenvalue weighted by molar-refractivity contribution is 5.85.